The van der Waals surface area contributed by atoms with Crippen LogP contribution >= 0.6 is 7.14 Å². The quantitative estimate of drug-likeness (QED) is 0.412. The summed E-state index contributed by atoms with van der Waals surface area (Å²) in [6, 6.07) is 8.93. The SMILES string of the molecule is COc1cccc(OC)c1C(=O)P(=O)(C(=O)c1c(C)cc(C(C)(C)C)cc1C)C1CCCC1. The Morgan fingerprint density at radius 2 is 1.33 bits per heavy atom. The number of hydrogen-bond donors (Lipinski definition) is 0. The maximum Gasteiger partial charge on any atom is 0.236 e. The first-order chi connectivity index (χ1) is 15.5. The third-order valence-corrected chi connectivity index (χ3v) is 9.90. The molecule has 5 nitrogen and oxygen atoms in total. The predicted octanol–water partition coefficient (Wildman–Crippen LogP) is 6.90. The molecule has 2 aromatic rings. The third-order valence-electron chi connectivity index (χ3n) is 6.70. The number of methoxy groups -OCH3 is 2. The Labute approximate surface area is 197 Å². The van der Waals surface area contributed by atoms with E-state index in [1.807, 2.05) is 26.0 Å². The van der Waals surface area contributed by atoms with Crippen LogP contribution in [0.3, 0.4) is 0 Å². The van der Waals surface area contributed by atoms with Gasteiger partial charge in [0.25, 0.3) is 0 Å². The molecule has 1 unspecified atom stereocenters. The Morgan fingerprint density at radius 1 is 0.879 bits per heavy atom. The molecule has 0 aromatic heterocycles. The van der Waals surface area contributed by atoms with Gasteiger partial charge >= 0.3 is 0 Å². The van der Waals surface area contributed by atoms with Crippen molar-refractivity contribution in [2.45, 2.75) is 71.4 Å². The molecule has 33 heavy (non-hydrogen) atoms. The van der Waals surface area contributed by atoms with Crippen LogP contribution in [0.25, 0.3) is 0 Å². The van der Waals surface area contributed by atoms with Crippen molar-refractivity contribution in [2.24, 2.45) is 0 Å². The Hall–Kier alpha value is -2.39. The lowest BCUT2D eigenvalue weighted by molar-refractivity contribution is 0.103. The van der Waals surface area contributed by atoms with Gasteiger partial charge in [-0.2, -0.15) is 0 Å². The first-order valence-corrected chi connectivity index (χ1v) is 13.3. The molecule has 0 bridgehead atoms. The van der Waals surface area contributed by atoms with Gasteiger partial charge in [0.1, 0.15) is 17.1 Å². The molecule has 1 atom stereocenters. The second-order valence-electron chi connectivity index (χ2n) is 9.98. The summed E-state index contributed by atoms with van der Waals surface area (Å²) in [5, 5.41) is 0. The molecule has 2 aromatic carbocycles. The van der Waals surface area contributed by atoms with E-state index in [-0.39, 0.29) is 22.5 Å². The number of aryl methyl sites for hydroxylation is 2. The molecule has 0 N–H and O–H groups in total. The van der Waals surface area contributed by atoms with Crippen LogP contribution < -0.4 is 9.47 Å². The molecule has 3 rings (SSSR count). The first kappa shape index (κ1) is 25.2. The fraction of sp³-hybridized carbons (Fsp3) is 0.481. The summed E-state index contributed by atoms with van der Waals surface area (Å²) in [4.78, 5) is 28.1. The van der Waals surface area contributed by atoms with E-state index < -0.39 is 23.8 Å². The van der Waals surface area contributed by atoms with E-state index in [4.69, 9.17) is 9.47 Å². The third kappa shape index (κ3) is 4.53. The summed E-state index contributed by atoms with van der Waals surface area (Å²) >= 11 is 0. The Balaban J connectivity index is 2.22. The van der Waals surface area contributed by atoms with Crippen LogP contribution in [0.2, 0.25) is 0 Å². The molecule has 0 heterocycles. The molecule has 6 heteroatoms. The topological polar surface area (TPSA) is 69.7 Å². The number of hydrogen-bond acceptors (Lipinski definition) is 5. The number of carbonyl (C=O) groups excluding carboxylic acids is 2. The maximum absolute atomic E-state index is 14.7. The van der Waals surface area contributed by atoms with Crippen molar-refractivity contribution in [1.29, 1.82) is 0 Å². The monoisotopic (exact) mass is 470 g/mol. The minimum atomic E-state index is -4.02. The van der Waals surface area contributed by atoms with Gasteiger partial charge in [0.05, 0.1) is 14.2 Å². The maximum atomic E-state index is 14.7. The lowest BCUT2D eigenvalue weighted by Gasteiger charge is -2.26. The van der Waals surface area contributed by atoms with Crippen LogP contribution in [-0.2, 0) is 9.98 Å². The van der Waals surface area contributed by atoms with Crippen molar-refractivity contribution in [1.82, 2.24) is 0 Å². The summed E-state index contributed by atoms with van der Waals surface area (Å²) in [5.74, 6) is 0.531. The highest BCUT2D eigenvalue weighted by Gasteiger charge is 2.50. The van der Waals surface area contributed by atoms with Crippen molar-refractivity contribution in [3.05, 3.63) is 58.1 Å². The molecule has 1 fully saturated rings. The van der Waals surface area contributed by atoms with E-state index in [0.717, 1.165) is 29.5 Å². The van der Waals surface area contributed by atoms with Crippen molar-refractivity contribution in [3.63, 3.8) is 0 Å². The predicted molar refractivity (Wildman–Crippen MR) is 133 cm³/mol. The van der Waals surface area contributed by atoms with Crippen molar-refractivity contribution in [3.8, 4) is 11.5 Å². The molecule has 1 saturated carbocycles. The molecule has 1 aliphatic carbocycles. The molecule has 0 aliphatic heterocycles. The van der Waals surface area contributed by atoms with Crippen LogP contribution in [0.5, 0.6) is 11.5 Å². The van der Waals surface area contributed by atoms with Gasteiger partial charge in [0.2, 0.25) is 18.2 Å². The average molecular weight is 471 g/mol. The van der Waals surface area contributed by atoms with Gasteiger partial charge in [-0.25, -0.2) is 0 Å². The van der Waals surface area contributed by atoms with Crippen LogP contribution in [-0.4, -0.2) is 30.9 Å². The summed E-state index contributed by atoms with van der Waals surface area (Å²) in [5.41, 5.74) is 1.34. The zero-order valence-electron chi connectivity index (χ0n) is 20.8. The summed E-state index contributed by atoms with van der Waals surface area (Å²) < 4.78 is 25.6. The van der Waals surface area contributed by atoms with Gasteiger partial charge in [0, 0.05) is 11.2 Å². The second-order valence-corrected chi connectivity index (χ2v) is 12.8. The van der Waals surface area contributed by atoms with Crippen LogP contribution in [0.4, 0.5) is 0 Å². The Bertz CT molecular complexity index is 1070. The fourth-order valence-corrected chi connectivity index (χ4v) is 8.00. The highest BCUT2D eigenvalue weighted by molar-refractivity contribution is 7.96. The minimum Gasteiger partial charge on any atom is -0.496 e. The van der Waals surface area contributed by atoms with Gasteiger partial charge in [-0.1, -0.05) is 51.8 Å². The number of carbonyl (C=O) groups is 2. The van der Waals surface area contributed by atoms with E-state index in [1.54, 1.807) is 18.2 Å². The van der Waals surface area contributed by atoms with Gasteiger partial charge in [-0.15, -0.1) is 0 Å². The Kier molecular flexibility index (Phi) is 7.24. The molecule has 178 valence electrons. The normalized spacial score (nSPS) is 16.3. The van der Waals surface area contributed by atoms with E-state index in [0.29, 0.717) is 18.4 Å². The zero-order chi connectivity index (χ0) is 24.6. The van der Waals surface area contributed by atoms with E-state index in [9.17, 15) is 14.2 Å². The smallest absolute Gasteiger partial charge is 0.236 e. The van der Waals surface area contributed by atoms with Gasteiger partial charge in [-0.3, -0.25) is 9.59 Å². The van der Waals surface area contributed by atoms with E-state index in [2.05, 4.69) is 20.8 Å². The number of ether oxygens (including phenoxy) is 2. The Morgan fingerprint density at radius 3 is 1.76 bits per heavy atom. The van der Waals surface area contributed by atoms with Crippen molar-refractivity contribution >= 4 is 18.2 Å². The molecule has 1 aliphatic rings. The van der Waals surface area contributed by atoms with Gasteiger partial charge in [0.15, 0.2) is 0 Å². The highest BCUT2D eigenvalue weighted by atomic mass is 31.2. The molecule has 0 saturated heterocycles. The van der Waals surface area contributed by atoms with Crippen molar-refractivity contribution < 1.29 is 23.6 Å². The fourth-order valence-electron chi connectivity index (χ4n) is 4.82. The van der Waals surface area contributed by atoms with E-state index in [1.165, 1.54) is 14.2 Å². The van der Waals surface area contributed by atoms with E-state index >= 15 is 0 Å². The van der Waals surface area contributed by atoms with Crippen molar-refractivity contribution in [2.75, 3.05) is 14.2 Å². The summed E-state index contributed by atoms with van der Waals surface area (Å²) in [7, 11) is -1.12. The largest absolute Gasteiger partial charge is 0.496 e. The summed E-state index contributed by atoms with van der Waals surface area (Å²) in [6.45, 7) is 10.1. The van der Waals surface area contributed by atoms with Crippen LogP contribution in [0.15, 0.2) is 30.3 Å². The molecular formula is C27H35O5P. The zero-order valence-corrected chi connectivity index (χ0v) is 21.7. The first-order valence-electron chi connectivity index (χ1n) is 11.5. The van der Waals surface area contributed by atoms with Crippen LogP contribution in [0.1, 0.15) is 83.9 Å². The van der Waals surface area contributed by atoms with Crippen LogP contribution in [0, 0.1) is 13.8 Å². The molecular weight excluding hydrogens is 435 g/mol. The number of rotatable bonds is 7. The van der Waals surface area contributed by atoms with Gasteiger partial charge in [-0.05, 0) is 60.9 Å². The summed E-state index contributed by atoms with van der Waals surface area (Å²) in [6.07, 6.45) is 2.92. The molecule has 0 amide bonds. The highest BCUT2D eigenvalue weighted by Crippen LogP contribution is 2.62. The lowest BCUT2D eigenvalue weighted by atomic mass is 9.84. The minimum absolute atomic E-state index is 0.0904. The second kappa shape index (κ2) is 9.46. The van der Waals surface area contributed by atoms with Gasteiger partial charge < -0.3 is 14.0 Å². The molecule has 0 spiro atoms. The standard InChI is InChI=1S/C27H35O5P/c1-17-15-19(27(3,4)5)16-18(2)23(17)25(28)33(30,20-11-8-9-12-20)26(29)24-21(31-6)13-10-14-22(24)32-7/h10,13-16,20H,8-9,11-12H2,1-7H3. The average Bonchev–Trinajstić information content (AvgIpc) is 3.31. The molecule has 0 radical (unpaired) electrons. The number of benzene rings is 2. The lowest BCUT2D eigenvalue weighted by Crippen LogP contribution is -2.22.